The number of halogens is 3. The Hall–Kier alpha value is -2.74. The van der Waals surface area contributed by atoms with Gasteiger partial charge in [0.15, 0.2) is 5.43 Å². The molecule has 5 nitrogen and oxygen atoms in total. The van der Waals surface area contributed by atoms with Crippen LogP contribution in [0.15, 0.2) is 41.5 Å². The third kappa shape index (κ3) is 2.88. The zero-order valence-corrected chi connectivity index (χ0v) is 12.6. The highest BCUT2D eigenvalue weighted by Gasteiger charge is 2.17. The molecule has 0 aliphatic rings. The molecule has 2 heterocycles. The lowest BCUT2D eigenvalue weighted by Gasteiger charge is -2.13. The van der Waals surface area contributed by atoms with Gasteiger partial charge in [0.1, 0.15) is 17.5 Å². The van der Waals surface area contributed by atoms with Crippen molar-refractivity contribution in [2.45, 2.75) is 0 Å². The van der Waals surface area contributed by atoms with E-state index in [1.54, 1.807) is 0 Å². The first kappa shape index (κ1) is 16.1. The fourth-order valence-electron chi connectivity index (χ4n) is 2.28. The third-order valence-electron chi connectivity index (χ3n) is 3.31. The molecule has 0 unspecified atom stereocenters. The van der Waals surface area contributed by atoms with Crippen molar-refractivity contribution in [1.29, 1.82) is 0 Å². The Bertz CT molecular complexity index is 1020. The number of benzene rings is 1. The van der Waals surface area contributed by atoms with E-state index >= 15 is 0 Å². The fraction of sp³-hybridized carbons (Fsp3) is 0. The molecule has 119 valence electrons. The maximum Gasteiger partial charge on any atom is 0.305 e. The molecule has 0 atom stereocenters. The molecule has 0 spiro atoms. The molecule has 0 saturated carbocycles. The van der Waals surface area contributed by atoms with Crippen molar-refractivity contribution in [3.8, 4) is 5.82 Å². The number of fused-ring (bicyclic) bond motifs is 1. The van der Waals surface area contributed by atoms with E-state index in [4.69, 9.17) is 16.7 Å². The van der Waals surface area contributed by atoms with E-state index in [0.29, 0.717) is 7.28 Å². The van der Waals surface area contributed by atoms with Crippen LogP contribution in [0, 0.1) is 11.6 Å². The topological polar surface area (TPSA) is 72.2 Å². The molecule has 3 rings (SSSR count). The predicted octanol–water partition coefficient (Wildman–Crippen LogP) is 2.32. The predicted molar refractivity (Wildman–Crippen MR) is 85.7 cm³/mol. The molecule has 1 radical (unpaired) electrons. The number of aromatic nitrogens is 2. The Morgan fingerprint density at radius 2 is 2.04 bits per heavy atom. The molecule has 0 aliphatic carbocycles. The molecule has 0 bridgehead atoms. The van der Waals surface area contributed by atoms with Crippen molar-refractivity contribution in [2.75, 3.05) is 0 Å². The largest absolute Gasteiger partial charge is 0.489 e. The van der Waals surface area contributed by atoms with Crippen LogP contribution in [0.3, 0.4) is 0 Å². The van der Waals surface area contributed by atoms with Crippen LogP contribution in [0.1, 0.15) is 0 Å². The van der Waals surface area contributed by atoms with Crippen LogP contribution in [0.5, 0.6) is 0 Å². The first-order valence-electron chi connectivity index (χ1n) is 6.61. The summed E-state index contributed by atoms with van der Waals surface area (Å²) in [4.78, 5) is 27.2. The van der Waals surface area contributed by atoms with Crippen LogP contribution in [0.4, 0.5) is 13.6 Å². The summed E-state index contributed by atoms with van der Waals surface area (Å²) >= 11 is 5.78. The summed E-state index contributed by atoms with van der Waals surface area (Å²) < 4.78 is 28.2. The highest BCUT2D eigenvalue weighted by molar-refractivity contribution is 6.82. The summed E-state index contributed by atoms with van der Waals surface area (Å²) in [6.45, 7) is 0. The van der Waals surface area contributed by atoms with Crippen molar-refractivity contribution < 1.29 is 18.7 Å². The van der Waals surface area contributed by atoms with Gasteiger partial charge in [-0.25, -0.2) is 13.8 Å². The molecule has 2 aromatic heterocycles. The first-order chi connectivity index (χ1) is 11.4. The number of carboxylic acid groups (broad SMARTS) is 1. The van der Waals surface area contributed by atoms with E-state index in [0.717, 1.165) is 18.3 Å². The maximum atomic E-state index is 13.7. The van der Waals surface area contributed by atoms with Gasteiger partial charge in [0.2, 0.25) is 5.87 Å². The minimum Gasteiger partial charge on any atom is -0.489 e. The number of nitrogens with zero attached hydrogens (tertiary/aromatic N) is 2. The second-order valence-corrected chi connectivity index (χ2v) is 5.29. The summed E-state index contributed by atoms with van der Waals surface area (Å²) in [5, 5.41) is 8.61. The van der Waals surface area contributed by atoms with E-state index in [-0.39, 0.29) is 27.2 Å². The molecule has 24 heavy (non-hydrogen) atoms. The van der Waals surface area contributed by atoms with E-state index in [1.807, 2.05) is 0 Å². The number of pyridine rings is 2. The minimum absolute atomic E-state index is 0.0713. The lowest BCUT2D eigenvalue weighted by atomic mass is 9.71. The number of hydrogen-bond donors (Lipinski definition) is 1. The highest BCUT2D eigenvalue weighted by Crippen LogP contribution is 2.22. The number of rotatable bonds is 3. The highest BCUT2D eigenvalue weighted by atomic mass is 35.5. The van der Waals surface area contributed by atoms with Gasteiger partial charge in [0.05, 0.1) is 16.7 Å². The van der Waals surface area contributed by atoms with Gasteiger partial charge in [0.25, 0.3) is 0 Å². The second-order valence-electron chi connectivity index (χ2n) is 4.88. The van der Waals surface area contributed by atoms with Crippen LogP contribution < -0.4 is 10.9 Å². The maximum absolute atomic E-state index is 13.7. The number of carbonyl (C=O) groups is 1. The van der Waals surface area contributed by atoms with Crippen LogP contribution >= 0.6 is 11.6 Å². The zero-order valence-electron chi connectivity index (χ0n) is 11.8. The quantitative estimate of drug-likeness (QED) is 0.738. The van der Waals surface area contributed by atoms with Crippen LogP contribution in [-0.2, 0) is 0 Å². The molecular weight excluding hydrogens is 340 g/mol. The second kappa shape index (κ2) is 6.05. The van der Waals surface area contributed by atoms with Gasteiger partial charge >= 0.3 is 7.28 Å². The van der Waals surface area contributed by atoms with Gasteiger partial charge in [-0.1, -0.05) is 11.6 Å². The molecule has 0 saturated heterocycles. The molecule has 1 aromatic carbocycles. The fourth-order valence-corrected chi connectivity index (χ4v) is 2.43. The van der Waals surface area contributed by atoms with Crippen molar-refractivity contribution in [1.82, 2.24) is 9.55 Å². The SMILES string of the molecule is O=C(O)[B]c1cn(-c2ccc(F)cn2)c2cc(Cl)c(F)cc2c1=O. The van der Waals surface area contributed by atoms with Crippen LogP contribution in [-0.4, -0.2) is 27.8 Å². The van der Waals surface area contributed by atoms with E-state index in [9.17, 15) is 18.4 Å². The van der Waals surface area contributed by atoms with Crippen molar-refractivity contribution >= 4 is 41.1 Å². The smallest absolute Gasteiger partial charge is 0.305 e. The van der Waals surface area contributed by atoms with Gasteiger partial charge in [0, 0.05) is 11.6 Å². The summed E-state index contributed by atoms with van der Waals surface area (Å²) in [6.07, 6.45) is 2.19. The van der Waals surface area contributed by atoms with Gasteiger partial charge < -0.3 is 9.67 Å². The van der Waals surface area contributed by atoms with Crippen molar-refractivity contribution in [3.63, 3.8) is 0 Å². The van der Waals surface area contributed by atoms with Crippen molar-refractivity contribution in [3.05, 3.63) is 63.5 Å². The molecule has 0 fully saturated rings. The standard InChI is InChI=1S/C15H7BClF2N2O3/c17-10-4-12-8(3-11(10)19)14(22)9(16-15(23)24)6-21(12)13-2-1-7(18)5-20-13/h1-6H,(H,23,24). The average Bonchev–Trinajstić information content (AvgIpc) is 2.53. The molecule has 9 heteroatoms. The lowest BCUT2D eigenvalue weighted by Crippen LogP contribution is -2.37. The van der Waals surface area contributed by atoms with E-state index < -0.39 is 22.9 Å². The summed E-state index contributed by atoms with van der Waals surface area (Å²) in [7, 11) is 0.703. The molecule has 0 amide bonds. The van der Waals surface area contributed by atoms with E-state index in [1.165, 1.54) is 22.9 Å². The van der Waals surface area contributed by atoms with Gasteiger partial charge in [-0.15, -0.1) is 0 Å². The van der Waals surface area contributed by atoms with Gasteiger partial charge in [-0.05, 0) is 29.7 Å². The van der Waals surface area contributed by atoms with Crippen LogP contribution in [0.2, 0.25) is 5.02 Å². The summed E-state index contributed by atoms with van der Waals surface area (Å²) in [5.74, 6) is -2.50. The van der Waals surface area contributed by atoms with E-state index in [2.05, 4.69) is 4.98 Å². The molecule has 1 N–H and O–H groups in total. The Labute approximate surface area is 139 Å². The van der Waals surface area contributed by atoms with Crippen LogP contribution in [0.25, 0.3) is 16.7 Å². The van der Waals surface area contributed by atoms with Gasteiger partial charge in [-0.3, -0.25) is 9.59 Å². The van der Waals surface area contributed by atoms with Gasteiger partial charge in [-0.2, -0.15) is 0 Å². The number of hydrogen-bond acceptors (Lipinski definition) is 3. The molecule has 3 aromatic rings. The monoisotopic (exact) mass is 347 g/mol. The Morgan fingerprint density at radius 1 is 1.29 bits per heavy atom. The lowest BCUT2D eigenvalue weighted by molar-refractivity contribution is 0.220. The molecule has 0 aliphatic heterocycles. The first-order valence-corrected chi connectivity index (χ1v) is 6.98. The minimum atomic E-state index is -1.33. The summed E-state index contributed by atoms with van der Waals surface area (Å²) in [5.41, 5.74) is -0.628. The Balaban J connectivity index is 2.39. The Morgan fingerprint density at radius 3 is 2.67 bits per heavy atom. The normalized spacial score (nSPS) is 10.8. The molecular formula is C15H7BClF2N2O3. The average molecular weight is 347 g/mol. The van der Waals surface area contributed by atoms with Crippen molar-refractivity contribution in [2.24, 2.45) is 0 Å². The third-order valence-corrected chi connectivity index (χ3v) is 3.60. The Kier molecular flexibility index (Phi) is 4.07. The summed E-state index contributed by atoms with van der Waals surface area (Å²) in [6, 6.07) is 4.64. The zero-order chi connectivity index (χ0) is 17.4.